The van der Waals surface area contributed by atoms with Crippen molar-refractivity contribution in [2.75, 3.05) is 16.8 Å². The van der Waals surface area contributed by atoms with Gasteiger partial charge in [0.2, 0.25) is 11.8 Å². The molecule has 0 fully saturated rings. The van der Waals surface area contributed by atoms with Gasteiger partial charge in [-0.15, -0.1) is 0 Å². The molecule has 0 atom stereocenters. The van der Waals surface area contributed by atoms with Gasteiger partial charge >= 0.3 is 0 Å². The summed E-state index contributed by atoms with van der Waals surface area (Å²) in [5.41, 5.74) is 2.47. The van der Waals surface area contributed by atoms with Crippen LogP contribution < -0.4 is 15.3 Å². The highest BCUT2D eigenvalue weighted by Gasteiger charge is 2.22. The monoisotopic (exact) mass is 275 g/mol. The van der Waals surface area contributed by atoms with Gasteiger partial charge in [-0.05, 0) is 36.6 Å². The highest BCUT2D eigenvalue weighted by molar-refractivity contribution is 5.96. The van der Waals surface area contributed by atoms with Crippen molar-refractivity contribution in [2.24, 2.45) is 0 Å². The lowest BCUT2D eigenvalue weighted by Gasteiger charge is -2.15. The second kappa shape index (κ2) is 5.73. The number of rotatable bonds is 4. The zero-order valence-electron chi connectivity index (χ0n) is 11.1. The molecular weight excluding hydrogens is 260 g/mol. The predicted molar refractivity (Wildman–Crippen MR) is 71.0 cm³/mol. The summed E-state index contributed by atoms with van der Waals surface area (Å²) in [6.07, 6.45) is 0.339. The minimum atomic E-state index is -1.24. The molecule has 6 nitrogen and oxygen atoms in total. The molecule has 2 rings (SSSR count). The summed E-state index contributed by atoms with van der Waals surface area (Å²) in [6, 6.07) is 5.31. The van der Waals surface area contributed by atoms with Gasteiger partial charge in [-0.25, -0.2) is 0 Å². The molecule has 1 aliphatic heterocycles. The molecule has 1 heterocycles. The molecule has 106 valence electrons. The number of fused-ring (bicyclic) bond motifs is 1. The average molecular weight is 275 g/mol. The molecule has 0 aromatic heterocycles. The largest absolute Gasteiger partial charge is 0.550 e. The summed E-state index contributed by atoms with van der Waals surface area (Å²) < 4.78 is 0. The highest BCUT2D eigenvalue weighted by atomic mass is 16.4. The normalized spacial score (nSPS) is 12.9. The van der Waals surface area contributed by atoms with Gasteiger partial charge in [0.15, 0.2) is 0 Å². The number of nitrogens with one attached hydrogen (secondary N) is 1. The van der Waals surface area contributed by atoms with Crippen LogP contribution in [0.15, 0.2) is 18.2 Å². The SMILES string of the molecule is CC(=O)N1CCc2cc(NC(=O)CCC(=O)[O-])ccc21. The second-order valence-electron chi connectivity index (χ2n) is 4.68. The third kappa shape index (κ3) is 3.14. The Bertz CT molecular complexity index is 568. The molecule has 6 heteroatoms. The van der Waals surface area contributed by atoms with Crippen LogP contribution in [0.25, 0.3) is 0 Å². The number of carboxylic acid groups (broad SMARTS) is 1. The Morgan fingerprint density at radius 1 is 1.30 bits per heavy atom. The van der Waals surface area contributed by atoms with Gasteiger partial charge in [0.1, 0.15) is 0 Å². The van der Waals surface area contributed by atoms with E-state index in [1.807, 2.05) is 6.07 Å². The van der Waals surface area contributed by atoms with E-state index in [2.05, 4.69) is 5.32 Å². The van der Waals surface area contributed by atoms with E-state index in [4.69, 9.17) is 0 Å². The summed E-state index contributed by atoms with van der Waals surface area (Å²) in [5.74, 6) is -1.61. The number of hydrogen-bond donors (Lipinski definition) is 1. The van der Waals surface area contributed by atoms with Crippen LogP contribution >= 0.6 is 0 Å². The van der Waals surface area contributed by atoms with Crippen LogP contribution in [0.1, 0.15) is 25.3 Å². The number of carbonyl (C=O) groups is 3. The lowest BCUT2D eigenvalue weighted by atomic mass is 10.1. The molecule has 0 unspecified atom stereocenters. The van der Waals surface area contributed by atoms with E-state index in [9.17, 15) is 19.5 Å². The molecule has 0 saturated heterocycles. The number of carbonyl (C=O) groups excluding carboxylic acids is 3. The Balaban J connectivity index is 2.04. The third-order valence-corrected chi connectivity index (χ3v) is 3.20. The van der Waals surface area contributed by atoms with Gasteiger partial charge in [0.05, 0.1) is 0 Å². The van der Waals surface area contributed by atoms with E-state index in [0.29, 0.717) is 12.2 Å². The van der Waals surface area contributed by atoms with Crippen LogP contribution in [0.3, 0.4) is 0 Å². The molecule has 0 radical (unpaired) electrons. The van der Waals surface area contributed by atoms with Crippen molar-refractivity contribution in [1.29, 1.82) is 0 Å². The molecule has 2 amide bonds. The zero-order valence-corrected chi connectivity index (χ0v) is 11.1. The lowest BCUT2D eigenvalue weighted by Crippen LogP contribution is -2.25. The lowest BCUT2D eigenvalue weighted by molar-refractivity contribution is -0.305. The van der Waals surface area contributed by atoms with Crippen LogP contribution in [0.4, 0.5) is 11.4 Å². The first-order chi connectivity index (χ1) is 9.47. The van der Waals surface area contributed by atoms with E-state index < -0.39 is 5.97 Å². The summed E-state index contributed by atoms with van der Waals surface area (Å²) in [7, 11) is 0. The zero-order chi connectivity index (χ0) is 14.7. The fraction of sp³-hybridized carbons (Fsp3) is 0.357. The van der Waals surface area contributed by atoms with Gasteiger partial charge in [-0.3, -0.25) is 9.59 Å². The molecule has 1 aliphatic rings. The number of benzene rings is 1. The van der Waals surface area contributed by atoms with Crippen molar-refractivity contribution in [2.45, 2.75) is 26.2 Å². The van der Waals surface area contributed by atoms with E-state index in [0.717, 1.165) is 17.7 Å². The van der Waals surface area contributed by atoms with Crippen LogP contribution in [-0.2, 0) is 20.8 Å². The quantitative estimate of drug-likeness (QED) is 0.841. The van der Waals surface area contributed by atoms with Crippen molar-refractivity contribution >= 4 is 29.2 Å². The summed E-state index contributed by atoms with van der Waals surface area (Å²) in [5, 5.41) is 12.9. The van der Waals surface area contributed by atoms with Gasteiger partial charge in [-0.1, -0.05) is 0 Å². The highest BCUT2D eigenvalue weighted by Crippen LogP contribution is 2.30. The van der Waals surface area contributed by atoms with Gasteiger partial charge in [-0.2, -0.15) is 0 Å². The molecule has 1 aromatic carbocycles. The Morgan fingerprint density at radius 2 is 2.05 bits per heavy atom. The number of anilines is 2. The first kappa shape index (κ1) is 14.0. The maximum Gasteiger partial charge on any atom is 0.224 e. The van der Waals surface area contributed by atoms with Crippen molar-refractivity contribution < 1.29 is 19.5 Å². The van der Waals surface area contributed by atoms with Crippen molar-refractivity contribution in [3.8, 4) is 0 Å². The Morgan fingerprint density at radius 3 is 2.70 bits per heavy atom. The Labute approximate surface area is 116 Å². The predicted octanol–water partition coefficient (Wildman–Crippen LogP) is 0.0642. The van der Waals surface area contributed by atoms with Crippen molar-refractivity contribution in [3.63, 3.8) is 0 Å². The number of carboxylic acids is 1. The van der Waals surface area contributed by atoms with Gasteiger partial charge < -0.3 is 20.1 Å². The van der Waals surface area contributed by atoms with E-state index in [1.165, 1.54) is 6.92 Å². The number of aliphatic carboxylic acids is 1. The Kier molecular flexibility index (Phi) is 4.02. The first-order valence-corrected chi connectivity index (χ1v) is 6.38. The topological polar surface area (TPSA) is 89.5 Å². The molecular formula is C14H15N2O4-. The van der Waals surface area contributed by atoms with Gasteiger partial charge in [0.25, 0.3) is 0 Å². The first-order valence-electron chi connectivity index (χ1n) is 6.38. The average Bonchev–Trinajstić information content (AvgIpc) is 2.79. The molecule has 0 spiro atoms. The van der Waals surface area contributed by atoms with Crippen LogP contribution in [0.5, 0.6) is 0 Å². The molecule has 0 aliphatic carbocycles. The molecule has 20 heavy (non-hydrogen) atoms. The molecule has 0 bridgehead atoms. The van der Waals surface area contributed by atoms with Crippen LogP contribution in [0.2, 0.25) is 0 Å². The van der Waals surface area contributed by atoms with Gasteiger partial charge in [0, 0.05) is 37.2 Å². The minimum absolute atomic E-state index is 0.00510. The van der Waals surface area contributed by atoms with Crippen molar-refractivity contribution in [1.82, 2.24) is 0 Å². The standard InChI is InChI=1S/C14H16N2O4/c1-9(17)16-7-6-10-8-11(2-3-12(10)16)15-13(18)4-5-14(19)20/h2-3,8H,4-7H2,1H3,(H,15,18)(H,19,20)/p-1. The summed E-state index contributed by atoms with van der Waals surface area (Å²) >= 11 is 0. The fourth-order valence-corrected chi connectivity index (χ4v) is 2.25. The summed E-state index contributed by atoms with van der Waals surface area (Å²) in [6.45, 7) is 2.16. The maximum atomic E-state index is 11.5. The van der Waals surface area contributed by atoms with Crippen molar-refractivity contribution in [3.05, 3.63) is 23.8 Å². The summed E-state index contributed by atoms with van der Waals surface area (Å²) in [4.78, 5) is 34.9. The number of amides is 2. The van der Waals surface area contributed by atoms with E-state index in [1.54, 1.807) is 17.0 Å². The van der Waals surface area contributed by atoms with E-state index >= 15 is 0 Å². The molecule has 0 saturated carbocycles. The van der Waals surface area contributed by atoms with Crippen LogP contribution in [-0.4, -0.2) is 24.3 Å². The smallest absolute Gasteiger partial charge is 0.224 e. The van der Waals surface area contributed by atoms with E-state index in [-0.39, 0.29) is 24.7 Å². The molecule has 1 aromatic rings. The Hall–Kier alpha value is -2.37. The van der Waals surface area contributed by atoms with Crippen LogP contribution in [0, 0.1) is 0 Å². The number of nitrogens with zero attached hydrogens (tertiary/aromatic N) is 1. The molecule has 1 N–H and O–H groups in total. The second-order valence-corrected chi connectivity index (χ2v) is 4.68. The maximum absolute atomic E-state index is 11.5. The minimum Gasteiger partial charge on any atom is -0.550 e. The fourth-order valence-electron chi connectivity index (χ4n) is 2.25. The third-order valence-electron chi connectivity index (χ3n) is 3.20. The number of hydrogen-bond acceptors (Lipinski definition) is 4.